The molecular formula is C27H32ClN3O7. The number of phenols is 1. The fourth-order valence-electron chi connectivity index (χ4n) is 6.57. The normalized spacial score (nSPS) is 29.1. The summed E-state index contributed by atoms with van der Waals surface area (Å²) < 4.78 is 0. The molecule has 1 aromatic rings. The second kappa shape index (κ2) is 9.08. The maximum Gasteiger partial charge on any atom is 0.255 e. The summed E-state index contributed by atoms with van der Waals surface area (Å²) in [4.78, 5) is 42.7. The van der Waals surface area contributed by atoms with E-state index in [0.29, 0.717) is 28.6 Å². The van der Waals surface area contributed by atoms with Crippen LogP contribution < -0.4 is 5.73 Å². The van der Waals surface area contributed by atoms with Gasteiger partial charge in [-0.2, -0.15) is 0 Å². The second-order valence-corrected chi connectivity index (χ2v) is 11.7. The Balaban J connectivity index is 1.61. The van der Waals surface area contributed by atoms with Crippen LogP contribution in [0.5, 0.6) is 5.75 Å². The molecule has 4 aliphatic rings. The lowest BCUT2D eigenvalue weighted by Crippen LogP contribution is -2.63. The zero-order valence-corrected chi connectivity index (χ0v) is 22.2. The first-order chi connectivity index (χ1) is 17.8. The third-order valence-electron chi connectivity index (χ3n) is 8.44. The number of Topliss-reactive ketones (excluding diaryl/α,β-unsaturated/α-hetero) is 2. The number of nitrogens with two attached hydrogens (primary N) is 1. The SMILES string of the molecule is CN(Cc1cc(O)c2c(c1Cl)C[C@H]1C[C@H]3[C@H](N(C)C)C(O)=C(C(N)=O)C(=O)[C@@]3(O)C(O)=C1C2=O)CC1CC1. The number of amides is 1. The summed E-state index contributed by atoms with van der Waals surface area (Å²) in [6.45, 7) is 1.39. The summed E-state index contributed by atoms with van der Waals surface area (Å²) >= 11 is 6.79. The average Bonchev–Trinajstić information content (AvgIpc) is 3.62. The van der Waals surface area contributed by atoms with Gasteiger partial charge in [0, 0.05) is 29.6 Å². The Morgan fingerprint density at radius 1 is 1.18 bits per heavy atom. The van der Waals surface area contributed by atoms with Crippen molar-refractivity contribution in [3.63, 3.8) is 0 Å². The highest BCUT2D eigenvalue weighted by atomic mass is 35.5. The molecule has 0 bridgehead atoms. The van der Waals surface area contributed by atoms with Crippen LogP contribution in [0.4, 0.5) is 0 Å². The molecule has 0 spiro atoms. The molecule has 1 amide bonds. The lowest BCUT2D eigenvalue weighted by Gasteiger charge is -2.50. The van der Waals surface area contributed by atoms with Gasteiger partial charge in [0.25, 0.3) is 5.91 Å². The van der Waals surface area contributed by atoms with E-state index >= 15 is 0 Å². The minimum atomic E-state index is -2.66. The van der Waals surface area contributed by atoms with Crippen molar-refractivity contribution in [3.8, 4) is 5.75 Å². The predicted molar refractivity (Wildman–Crippen MR) is 138 cm³/mol. The molecule has 204 valence electrons. The number of allylic oxidation sites excluding steroid dienone is 1. The van der Waals surface area contributed by atoms with Crippen LogP contribution in [0.1, 0.15) is 40.7 Å². The first-order valence-corrected chi connectivity index (χ1v) is 13.0. The molecular weight excluding hydrogens is 514 g/mol. The van der Waals surface area contributed by atoms with Crippen LogP contribution in [-0.2, 0) is 22.6 Å². The fraction of sp³-hybridized carbons (Fsp3) is 0.519. The molecule has 0 saturated heterocycles. The fourth-order valence-corrected chi connectivity index (χ4v) is 6.85. The number of rotatable bonds is 6. The highest BCUT2D eigenvalue weighted by molar-refractivity contribution is 6.33. The van der Waals surface area contributed by atoms with Gasteiger partial charge in [0.05, 0.1) is 11.6 Å². The number of hydrogen-bond acceptors (Lipinski definition) is 9. The molecule has 10 nitrogen and oxygen atoms in total. The van der Waals surface area contributed by atoms with E-state index in [2.05, 4.69) is 4.90 Å². The number of ketones is 2. The molecule has 6 N–H and O–H groups in total. The van der Waals surface area contributed by atoms with Crippen LogP contribution >= 0.6 is 11.6 Å². The van der Waals surface area contributed by atoms with Crippen LogP contribution in [0.25, 0.3) is 0 Å². The molecule has 5 rings (SSSR count). The Morgan fingerprint density at radius 2 is 1.84 bits per heavy atom. The number of aliphatic hydroxyl groups excluding tert-OH is 2. The zero-order chi connectivity index (χ0) is 27.8. The number of halogens is 1. The van der Waals surface area contributed by atoms with E-state index in [0.717, 1.165) is 6.54 Å². The lowest BCUT2D eigenvalue weighted by molar-refractivity contribution is -0.148. The van der Waals surface area contributed by atoms with E-state index in [1.165, 1.54) is 23.8 Å². The first kappa shape index (κ1) is 26.7. The van der Waals surface area contributed by atoms with Gasteiger partial charge < -0.3 is 31.1 Å². The number of carbonyl (C=O) groups excluding carboxylic acids is 3. The monoisotopic (exact) mass is 545 g/mol. The topological polar surface area (TPSA) is 165 Å². The number of likely N-dealkylation sites (N-methyl/N-ethyl adjacent to an activating group) is 1. The Hall–Kier alpha value is -2.92. The van der Waals surface area contributed by atoms with Crippen LogP contribution in [0.3, 0.4) is 0 Å². The van der Waals surface area contributed by atoms with Gasteiger partial charge in [0.2, 0.25) is 5.78 Å². The Morgan fingerprint density at radius 3 is 2.42 bits per heavy atom. The maximum atomic E-state index is 13.7. The highest BCUT2D eigenvalue weighted by Gasteiger charge is 2.63. The molecule has 1 saturated carbocycles. The molecule has 0 radical (unpaired) electrons. The van der Waals surface area contributed by atoms with Crippen molar-refractivity contribution in [2.24, 2.45) is 23.5 Å². The zero-order valence-electron chi connectivity index (χ0n) is 21.5. The van der Waals surface area contributed by atoms with Crippen molar-refractivity contribution in [2.75, 3.05) is 27.7 Å². The number of fused-ring (bicyclic) bond motifs is 3. The van der Waals surface area contributed by atoms with Gasteiger partial charge in [-0.15, -0.1) is 0 Å². The molecule has 0 aliphatic heterocycles. The van der Waals surface area contributed by atoms with Crippen molar-refractivity contribution in [3.05, 3.63) is 50.4 Å². The predicted octanol–water partition coefficient (Wildman–Crippen LogP) is 1.62. The van der Waals surface area contributed by atoms with Crippen molar-refractivity contribution >= 4 is 29.1 Å². The van der Waals surface area contributed by atoms with Crippen molar-refractivity contribution in [1.82, 2.24) is 9.80 Å². The van der Waals surface area contributed by atoms with Crippen molar-refractivity contribution in [1.29, 1.82) is 0 Å². The van der Waals surface area contributed by atoms with Gasteiger partial charge in [-0.05, 0) is 75.9 Å². The molecule has 0 unspecified atom stereocenters. The highest BCUT2D eigenvalue weighted by Crippen LogP contribution is 2.53. The largest absolute Gasteiger partial charge is 0.510 e. The minimum absolute atomic E-state index is 0.0225. The summed E-state index contributed by atoms with van der Waals surface area (Å²) in [5.41, 5.74) is 2.70. The first-order valence-electron chi connectivity index (χ1n) is 12.7. The summed E-state index contributed by atoms with van der Waals surface area (Å²) in [6, 6.07) is 0.410. The summed E-state index contributed by atoms with van der Waals surface area (Å²) in [5.74, 6) is -6.11. The summed E-state index contributed by atoms with van der Waals surface area (Å²) in [5, 5.41) is 45.1. The minimum Gasteiger partial charge on any atom is -0.510 e. The Bertz CT molecular complexity index is 1330. The van der Waals surface area contributed by atoms with Gasteiger partial charge in [0.15, 0.2) is 11.4 Å². The van der Waals surface area contributed by atoms with Gasteiger partial charge >= 0.3 is 0 Å². The molecule has 1 aromatic carbocycles. The van der Waals surface area contributed by atoms with E-state index in [4.69, 9.17) is 17.3 Å². The van der Waals surface area contributed by atoms with E-state index < -0.39 is 58.0 Å². The molecule has 4 aliphatic carbocycles. The van der Waals surface area contributed by atoms with E-state index in [9.17, 15) is 34.8 Å². The number of aromatic hydroxyl groups is 1. The summed E-state index contributed by atoms with van der Waals surface area (Å²) in [6.07, 6.45) is 2.58. The number of aliphatic hydroxyl groups is 3. The molecule has 4 atom stereocenters. The van der Waals surface area contributed by atoms with Crippen LogP contribution in [0.2, 0.25) is 5.02 Å². The van der Waals surface area contributed by atoms with Crippen LogP contribution in [0, 0.1) is 17.8 Å². The third-order valence-corrected chi connectivity index (χ3v) is 8.91. The number of hydrogen-bond donors (Lipinski definition) is 5. The molecule has 0 heterocycles. The molecule has 1 fully saturated rings. The standard InChI is InChI=1S/C27H32ClN3O7/c1-30(2)21-15-7-12-6-14-18(16(32)8-13(20(14)28)10-31(3)9-11-4-5-11)22(33)17(12)24(35)27(15,38)25(36)19(23(21)34)26(29)37/h8,11-12,15,21,32,34-35,38H,4-7,9-10H2,1-3H3,(H2,29,37)/t12-,15-,21-,27-/m0/s1. The van der Waals surface area contributed by atoms with Gasteiger partial charge in [0.1, 0.15) is 22.8 Å². The second-order valence-electron chi connectivity index (χ2n) is 11.3. The number of phenolic OH excluding ortho intramolecular Hbond substituents is 1. The average molecular weight is 546 g/mol. The third kappa shape index (κ3) is 3.85. The molecule has 11 heteroatoms. The van der Waals surface area contributed by atoms with Gasteiger partial charge in [-0.3, -0.25) is 19.3 Å². The van der Waals surface area contributed by atoms with E-state index in [1.807, 2.05) is 7.05 Å². The smallest absolute Gasteiger partial charge is 0.255 e. The Labute approximate surface area is 225 Å². The van der Waals surface area contributed by atoms with E-state index in [-0.39, 0.29) is 29.7 Å². The quantitative estimate of drug-likeness (QED) is 0.334. The number of benzene rings is 1. The molecule has 38 heavy (non-hydrogen) atoms. The number of carbonyl (C=O) groups is 3. The van der Waals surface area contributed by atoms with Crippen LogP contribution in [-0.4, -0.2) is 87.0 Å². The Kier molecular flexibility index (Phi) is 6.38. The van der Waals surface area contributed by atoms with Gasteiger partial charge in [-0.25, -0.2) is 0 Å². The van der Waals surface area contributed by atoms with Crippen LogP contribution in [0.15, 0.2) is 28.7 Å². The number of primary amides is 1. The van der Waals surface area contributed by atoms with Gasteiger partial charge in [-0.1, -0.05) is 11.6 Å². The lowest BCUT2D eigenvalue weighted by atomic mass is 9.58. The summed E-state index contributed by atoms with van der Waals surface area (Å²) in [7, 11) is 5.15. The molecule has 0 aromatic heterocycles. The number of nitrogens with zero attached hydrogens (tertiary/aromatic N) is 2. The maximum absolute atomic E-state index is 13.7. The van der Waals surface area contributed by atoms with E-state index in [1.54, 1.807) is 14.1 Å². The van der Waals surface area contributed by atoms with Crippen molar-refractivity contribution < 1.29 is 34.8 Å². The van der Waals surface area contributed by atoms with Crippen molar-refractivity contribution in [2.45, 2.75) is 43.9 Å².